The molecule has 0 bridgehead atoms. The van der Waals surface area contributed by atoms with Crippen LogP contribution < -0.4 is 5.46 Å². The van der Waals surface area contributed by atoms with Crippen molar-refractivity contribution in [2.45, 2.75) is 6.92 Å². The van der Waals surface area contributed by atoms with Gasteiger partial charge in [-0.05, 0) is 50.7 Å². The molecule has 0 aromatic heterocycles. The highest BCUT2D eigenvalue weighted by Crippen LogP contribution is 2.38. The fourth-order valence-electron chi connectivity index (χ4n) is 4.15. The van der Waals surface area contributed by atoms with E-state index in [9.17, 15) is 0 Å². The molecule has 0 atom stereocenters. The first kappa shape index (κ1) is 16.8. The van der Waals surface area contributed by atoms with Gasteiger partial charge in [-0.3, -0.25) is 0 Å². The fraction of sp³-hybridized carbons (Fsp3) is 0.0370. The van der Waals surface area contributed by atoms with Crippen molar-refractivity contribution in [2.75, 3.05) is 0 Å². The summed E-state index contributed by atoms with van der Waals surface area (Å²) in [5.41, 5.74) is 7.83. The minimum absolute atomic E-state index is 1.28. The van der Waals surface area contributed by atoms with Crippen LogP contribution in [-0.2, 0) is 0 Å². The second-order valence-corrected chi connectivity index (χ2v) is 7.53. The normalized spacial score (nSPS) is 11.2. The third kappa shape index (κ3) is 2.71. The zero-order chi connectivity index (χ0) is 19.1. The minimum atomic E-state index is 1.28. The Morgan fingerprint density at radius 3 is 1.93 bits per heavy atom. The topological polar surface area (TPSA) is 0 Å². The first-order chi connectivity index (χ1) is 13.7. The number of benzene rings is 5. The second-order valence-electron chi connectivity index (χ2n) is 7.53. The lowest BCUT2D eigenvalue weighted by molar-refractivity contribution is 1.51. The van der Waals surface area contributed by atoms with Crippen molar-refractivity contribution >= 4 is 34.9 Å². The molecular weight excluding hydrogens is 335 g/mol. The van der Waals surface area contributed by atoms with Crippen LogP contribution >= 0.6 is 0 Å². The molecule has 5 aromatic rings. The third-order valence-corrected chi connectivity index (χ3v) is 5.82. The average molecular weight is 356 g/mol. The van der Waals surface area contributed by atoms with Gasteiger partial charge < -0.3 is 0 Å². The van der Waals surface area contributed by atoms with Crippen LogP contribution in [0.2, 0.25) is 0 Å². The van der Waals surface area contributed by atoms with Crippen molar-refractivity contribution < 1.29 is 0 Å². The van der Waals surface area contributed by atoms with Gasteiger partial charge in [-0.2, -0.15) is 0 Å². The van der Waals surface area contributed by atoms with Crippen molar-refractivity contribution in [1.29, 1.82) is 0 Å². The molecule has 0 N–H and O–H groups in total. The third-order valence-electron chi connectivity index (χ3n) is 5.82. The summed E-state index contributed by atoms with van der Waals surface area (Å²) in [6.45, 7) is 2.19. The lowest BCUT2D eigenvalue weighted by Crippen LogP contribution is -2.05. The van der Waals surface area contributed by atoms with Crippen LogP contribution in [0, 0.1) is 6.92 Å². The van der Waals surface area contributed by atoms with E-state index in [1.807, 2.05) is 0 Å². The van der Waals surface area contributed by atoms with Gasteiger partial charge in [0.15, 0.2) is 0 Å². The van der Waals surface area contributed by atoms with Crippen LogP contribution in [-0.4, -0.2) is 7.85 Å². The van der Waals surface area contributed by atoms with Crippen molar-refractivity contribution in [3.63, 3.8) is 0 Å². The van der Waals surface area contributed by atoms with Crippen LogP contribution in [0.3, 0.4) is 0 Å². The maximum Gasteiger partial charge on any atom is 0.139 e. The summed E-state index contributed by atoms with van der Waals surface area (Å²) in [6, 6.07) is 35.3. The van der Waals surface area contributed by atoms with E-state index in [1.165, 1.54) is 54.8 Å². The van der Waals surface area contributed by atoms with E-state index in [0.29, 0.717) is 0 Å². The number of rotatable bonds is 2. The van der Waals surface area contributed by atoms with E-state index in [1.54, 1.807) is 0 Å². The molecule has 0 unspecified atom stereocenters. The van der Waals surface area contributed by atoms with Crippen molar-refractivity contribution in [3.8, 4) is 22.3 Å². The summed E-state index contributed by atoms with van der Waals surface area (Å²) in [4.78, 5) is 0. The summed E-state index contributed by atoms with van der Waals surface area (Å²) in [5, 5.41) is 5.18. The Labute approximate surface area is 166 Å². The smallest absolute Gasteiger partial charge is 0.0861 e. The van der Waals surface area contributed by atoms with Crippen molar-refractivity contribution in [1.82, 2.24) is 0 Å². The predicted molar refractivity (Wildman–Crippen MR) is 125 cm³/mol. The van der Waals surface area contributed by atoms with Gasteiger partial charge >= 0.3 is 0 Å². The molecule has 28 heavy (non-hydrogen) atoms. The number of hydrogen-bond donors (Lipinski definition) is 0. The number of fused-ring (bicyclic) bond motifs is 2. The molecule has 5 aromatic carbocycles. The van der Waals surface area contributed by atoms with Gasteiger partial charge in [0.1, 0.15) is 7.85 Å². The molecule has 1 heteroatoms. The molecule has 0 fully saturated rings. The summed E-state index contributed by atoms with van der Waals surface area (Å²) < 4.78 is 0. The quantitative estimate of drug-likeness (QED) is 0.346. The van der Waals surface area contributed by atoms with E-state index in [-0.39, 0.29) is 0 Å². The molecule has 0 radical (unpaired) electrons. The first-order valence-corrected chi connectivity index (χ1v) is 9.80. The molecule has 0 spiro atoms. The van der Waals surface area contributed by atoms with E-state index in [2.05, 4.69) is 112 Å². The molecular formula is C27H21B. The van der Waals surface area contributed by atoms with Gasteiger partial charge in [0.25, 0.3) is 0 Å². The Morgan fingerprint density at radius 2 is 1.14 bits per heavy atom. The summed E-state index contributed by atoms with van der Waals surface area (Å²) >= 11 is 0. The van der Waals surface area contributed by atoms with Crippen LogP contribution in [0.15, 0.2) is 97.1 Å². The molecule has 0 aliphatic heterocycles. The predicted octanol–water partition coefficient (Wildman–Crippen LogP) is 5.89. The monoisotopic (exact) mass is 356 g/mol. The van der Waals surface area contributed by atoms with Crippen molar-refractivity contribution in [2.24, 2.45) is 0 Å². The molecule has 0 heterocycles. The van der Waals surface area contributed by atoms with Crippen molar-refractivity contribution in [3.05, 3.63) is 103 Å². The molecule has 0 saturated heterocycles. The second kappa shape index (κ2) is 6.69. The molecule has 132 valence electrons. The van der Waals surface area contributed by atoms with Crippen LogP contribution in [0.4, 0.5) is 0 Å². The van der Waals surface area contributed by atoms with Crippen LogP contribution in [0.5, 0.6) is 0 Å². The van der Waals surface area contributed by atoms with E-state index in [0.717, 1.165) is 0 Å². The Balaban J connectivity index is 1.80. The maximum absolute atomic E-state index is 2.30. The first-order valence-electron chi connectivity index (χ1n) is 9.80. The van der Waals surface area contributed by atoms with E-state index >= 15 is 0 Å². The van der Waals surface area contributed by atoms with E-state index in [4.69, 9.17) is 0 Å². The van der Waals surface area contributed by atoms with E-state index < -0.39 is 0 Å². The Bertz CT molecular complexity index is 1330. The zero-order valence-electron chi connectivity index (χ0n) is 16.2. The van der Waals surface area contributed by atoms with Gasteiger partial charge in [0.2, 0.25) is 0 Å². The van der Waals surface area contributed by atoms with Gasteiger partial charge in [-0.1, -0.05) is 108 Å². The lowest BCUT2D eigenvalue weighted by atomic mass is 9.86. The largest absolute Gasteiger partial charge is 0.139 e. The molecule has 0 saturated carbocycles. The van der Waals surface area contributed by atoms with Gasteiger partial charge in [-0.15, -0.1) is 0 Å². The fourth-order valence-corrected chi connectivity index (χ4v) is 4.15. The zero-order valence-corrected chi connectivity index (χ0v) is 16.2. The van der Waals surface area contributed by atoms with Crippen LogP contribution in [0.25, 0.3) is 43.8 Å². The average Bonchev–Trinajstić information content (AvgIpc) is 2.75. The Morgan fingerprint density at radius 1 is 0.536 bits per heavy atom. The summed E-state index contributed by atoms with van der Waals surface area (Å²) in [6.07, 6.45) is 0. The lowest BCUT2D eigenvalue weighted by Gasteiger charge is -2.14. The molecule has 0 aliphatic carbocycles. The minimum Gasteiger partial charge on any atom is -0.0861 e. The Kier molecular flexibility index (Phi) is 4.02. The number of aryl methyl sites for hydroxylation is 1. The number of hydrogen-bond acceptors (Lipinski definition) is 0. The summed E-state index contributed by atoms with van der Waals surface area (Å²) in [5.74, 6) is 0. The molecule has 0 nitrogen and oxygen atoms in total. The van der Waals surface area contributed by atoms with Gasteiger partial charge in [-0.25, -0.2) is 0 Å². The SMILES string of the molecule is Bc1ccc(-c2ccc(-c3cccc4ccccc34)c3ccccc23)cc1C. The standard InChI is InChI=1S/C27H21B/c1-18-17-20(13-16-27(18)28)22-14-15-26(25-11-5-4-10-23(22)25)24-12-6-8-19-7-2-3-9-21(19)24/h2-17H,28H2,1H3. The van der Waals surface area contributed by atoms with Crippen LogP contribution in [0.1, 0.15) is 5.56 Å². The Hall–Kier alpha value is -3.32. The van der Waals surface area contributed by atoms with Gasteiger partial charge in [0.05, 0.1) is 0 Å². The highest BCUT2D eigenvalue weighted by molar-refractivity contribution is 6.33. The maximum atomic E-state index is 2.30. The molecule has 0 amide bonds. The van der Waals surface area contributed by atoms with Gasteiger partial charge in [0, 0.05) is 0 Å². The highest BCUT2D eigenvalue weighted by atomic mass is 14.1. The molecule has 0 aliphatic rings. The summed E-state index contributed by atoms with van der Waals surface area (Å²) in [7, 11) is 2.17. The highest BCUT2D eigenvalue weighted by Gasteiger charge is 2.11. The molecule has 5 rings (SSSR count).